The Morgan fingerprint density at radius 1 is 1.29 bits per heavy atom. The molecule has 31 heavy (non-hydrogen) atoms. The maximum atomic E-state index is 12.1. The molecule has 1 aliphatic rings. The van der Waals surface area contributed by atoms with Crippen molar-refractivity contribution in [3.05, 3.63) is 45.6 Å². The first-order valence-corrected chi connectivity index (χ1v) is 13.0. The number of aliphatic hydroxyl groups excluding tert-OH is 2. The van der Waals surface area contributed by atoms with Crippen LogP contribution in [-0.2, 0) is 15.8 Å². The molecule has 2 aromatic heterocycles. The zero-order chi connectivity index (χ0) is 22.1. The van der Waals surface area contributed by atoms with E-state index in [1.54, 1.807) is 10.9 Å². The third-order valence-electron chi connectivity index (χ3n) is 4.95. The second kappa shape index (κ2) is 9.72. The summed E-state index contributed by atoms with van der Waals surface area (Å²) in [6.45, 7) is 0.578. The van der Waals surface area contributed by atoms with Gasteiger partial charge in [0.05, 0.1) is 10.8 Å². The minimum atomic E-state index is -1.18. The maximum absolute atomic E-state index is 12.1. The van der Waals surface area contributed by atoms with Crippen molar-refractivity contribution in [3.8, 4) is 0 Å². The number of hydrogen-bond donors (Lipinski definition) is 4. The number of fused-ring (bicyclic) bond motifs is 1. The first-order chi connectivity index (χ1) is 14.9. The zero-order valence-electron chi connectivity index (χ0n) is 16.4. The van der Waals surface area contributed by atoms with Crippen molar-refractivity contribution >= 4 is 79.8 Å². The Kier molecular flexibility index (Phi) is 7.20. The highest BCUT2D eigenvalue weighted by molar-refractivity contribution is 14.1. The van der Waals surface area contributed by atoms with Crippen LogP contribution in [0.2, 0.25) is 0 Å². The van der Waals surface area contributed by atoms with Crippen LogP contribution >= 0.6 is 56.9 Å². The van der Waals surface area contributed by atoms with Gasteiger partial charge in [-0.15, -0.1) is 11.8 Å². The Labute approximate surface area is 210 Å². The van der Waals surface area contributed by atoms with Gasteiger partial charge < -0.3 is 20.8 Å². The molecule has 164 valence electrons. The van der Waals surface area contributed by atoms with Crippen LogP contribution in [0.3, 0.4) is 0 Å². The molecule has 4 atom stereocenters. The lowest BCUT2D eigenvalue weighted by molar-refractivity contribution is -0.122. The molecule has 3 aromatic rings. The monoisotopic (exact) mass is 666 g/mol. The Hall–Kier alpha value is -1.23. The third-order valence-corrected chi connectivity index (χ3v) is 7.88. The van der Waals surface area contributed by atoms with Gasteiger partial charge in [-0.05, 0) is 40.3 Å². The van der Waals surface area contributed by atoms with Gasteiger partial charge in [-0.2, -0.15) is 0 Å². The number of halogens is 2. The van der Waals surface area contributed by atoms with Gasteiger partial charge in [0.15, 0.2) is 11.5 Å². The highest BCUT2D eigenvalue weighted by atomic mass is 127. The van der Waals surface area contributed by atoms with E-state index in [1.165, 1.54) is 18.8 Å². The molecule has 1 aliphatic heterocycles. The van der Waals surface area contributed by atoms with Crippen LogP contribution in [0.4, 0.5) is 5.82 Å². The number of amides is 1. The summed E-state index contributed by atoms with van der Waals surface area (Å²) < 4.78 is 3.46. The van der Waals surface area contributed by atoms with Gasteiger partial charge in [-0.25, -0.2) is 15.0 Å². The molecule has 0 aliphatic carbocycles. The number of carbonyl (C=O) groups excluding carboxylic acids is 1. The molecule has 1 amide bonds. The molecule has 0 spiro atoms. The number of aliphatic hydroxyl groups is 2. The smallest absolute Gasteiger partial charge is 0.235 e. The number of nitrogens with zero attached hydrogens (tertiary/aromatic N) is 4. The van der Waals surface area contributed by atoms with E-state index in [1.807, 2.05) is 18.2 Å². The van der Waals surface area contributed by atoms with Crippen molar-refractivity contribution in [3.63, 3.8) is 0 Å². The Balaban J connectivity index is 1.67. The summed E-state index contributed by atoms with van der Waals surface area (Å²) >= 11 is 5.67. The number of carbonyl (C=O) groups is 1. The van der Waals surface area contributed by atoms with E-state index in [0.29, 0.717) is 33.8 Å². The molecule has 0 radical (unpaired) electrons. The average molecular weight is 666 g/mol. The summed E-state index contributed by atoms with van der Waals surface area (Å²) in [6, 6.07) is 8.17. The molecule has 1 saturated heterocycles. The van der Waals surface area contributed by atoms with Gasteiger partial charge in [-0.1, -0.05) is 34.7 Å². The summed E-state index contributed by atoms with van der Waals surface area (Å²) in [5.41, 5.74) is 2.24. The van der Waals surface area contributed by atoms with Gasteiger partial charge in [0, 0.05) is 17.2 Å². The minimum absolute atomic E-state index is 0.328. The molecule has 1 fully saturated rings. The quantitative estimate of drug-likeness (QED) is 0.233. The van der Waals surface area contributed by atoms with Crippen molar-refractivity contribution in [1.82, 2.24) is 24.8 Å². The van der Waals surface area contributed by atoms with Crippen molar-refractivity contribution in [2.45, 2.75) is 33.8 Å². The van der Waals surface area contributed by atoms with Crippen LogP contribution in [0, 0.1) is 3.57 Å². The number of nitrogens with one attached hydrogen (secondary N) is 2. The molecule has 4 unspecified atom stereocenters. The average Bonchev–Trinajstić information content (AvgIpc) is 3.32. The Morgan fingerprint density at radius 2 is 2.10 bits per heavy atom. The number of hydrogen-bond acceptors (Lipinski definition) is 8. The molecule has 9 nitrogen and oxygen atoms in total. The maximum Gasteiger partial charge on any atom is 0.235 e. The summed E-state index contributed by atoms with van der Waals surface area (Å²) in [5.74, 6) is 0.905. The molecule has 4 N–H and O–H groups in total. The highest BCUT2D eigenvalue weighted by Gasteiger charge is 2.47. The van der Waals surface area contributed by atoms with Crippen molar-refractivity contribution in [2.75, 3.05) is 12.4 Å². The van der Waals surface area contributed by atoms with Crippen LogP contribution in [0.5, 0.6) is 0 Å². The summed E-state index contributed by atoms with van der Waals surface area (Å²) in [7, 11) is 1.51. The van der Waals surface area contributed by atoms with E-state index in [4.69, 9.17) is 0 Å². The third kappa shape index (κ3) is 4.62. The number of thioether (sulfide) groups is 1. The van der Waals surface area contributed by atoms with Crippen LogP contribution in [-0.4, -0.2) is 60.1 Å². The highest BCUT2D eigenvalue weighted by Crippen LogP contribution is 2.43. The molecule has 12 heteroatoms. The molecule has 3 heterocycles. The van der Waals surface area contributed by atoms with Crippen LogP contribution in [0.25, 0.3) is 11.2 Å². The number of anilines is 1. The van der Waals surface area contributed by atoms with E-state index in [9.17, 15) is 15.0 Å². The zero-order valence-corrected chi connectivity index (χ0v) is 21.5. The minimum Gasteiger partial charge on any atom is -0.389 e. The fourth-order valence-electron chi connectivity index (χ4n) is 3.41. The second-order valence-corrected chi connectivity index (χ2v) is 10.2. The number of alkyl halides is 1. The van der Waals surface area contributed by atoms with Crippen molar-refractivity contribution in [1.29, 1.82) is 0 Å². The Bertz CT molecular complexity index is 1110. The fraction of sp³-hybridized carbons (Fsp3) is 0.368. The lowest BCUT2D eigenvalue weighted by Gasteiger charge is -2.17. The molecule has 0 saturated carbocycles. The van der Waals surface area contributed by atoms with E-state index in [0.717, 1.165) is 9.13 Å². The van der Waals surface area contributed by atoms with Gasteiger partial charge >= 0.3 is 0 Å². The van der Waals surface area contributed by atoms with Gasteiger partial charge in [0.1, 0.15) is 34.2 Å². The van der Waals surface area contributed by atoms with E-state index < -0.39 is 22.8 Å². The second-order valence-electron chi connectivity index (χ2n) is 6.97. The lowest BCUT2D eigenvalue weighted by atomic mass is 10.1. The molecule has 4 rings (SSSR count). The predicted octanol–water partition coefficient (Wildman–Crippen LogP) is 2.06. The number of imidazole rings is 1. The summed E-state index contributed by atoms with van der Waals surface area (Å²) in [4.78, 5) is 25.8. The summed E-state index contributed by atoms with van der Waals surface area (Å²) in [6.07, 6.45) is -0.741. The number of aromatic nitrogens is 4. The molecular weight excluding hydrogens is 646 g/mol. The molecule has 0 bridgehead atoms. The van der Waals surface area contributed by atoms with Crippen molar-refractivity contribution < 1.29 is 15.0 Å². The van der Waals surface area contributed by atoms with E-state index in [-0.39, 0.29) is 5.91 Å². The molecular formula is C19H20I2N6O3S. The first-order valence-electron chi connectivity index (χ1n) is 9.44. The van der Waals surface area contributed by atoms with Gasteiger partial charge in [0.25, 0.3) is 0 Å². The molecule has 1 aromatic carbocycles. The Morgan fingerprint density at radius 3 is 2.81 bits per heavy atom. The van der Waals surface area contributed by atoms with Gasteiger partial charge in [0.2, 0.25) is 5.91 Å². The first kappa shape index (κ1) is 22.9. The van der Waals surface area contributed by atoms with Crippen molar-refractivity contribution in [2.24, 2.45) is 0 Å². The number of rotatable bonds is 6. The largest absolute Gasteiger partial charge is 0.389 e. The summed E-state index contributed by atoms with van der Waals surface area (Å²) in [5, 5.41) is 25.5. The van der Waals surface area contributed by atoms with Crippen LogP contribution in [0.1, 0.15) is 16.8 Å². The lowest BCUT2D eigenvalue weighted by Crippen LogP contribution is -2.39. The standard InChI is InChI=1S/C19H20I2N6O3S/c1-22-18(30)15-13(28)14(29)19(31-15)27-8-24-12-16(25-11(6-20)26-17(12)27)23-7-9-3-2-4-10(21)5-9/h2-5,8,13-15,19,28-29H,6-7H2,1H3,(H,22,30)(H,23,25,26). The fourth-order valence-corrected chi connectivity index (χ4v) is 5.83. The normalized spacial score (nSPS) is 23.3. The van der Waals surface area contributed by atoms with Crippen LogP contribution < -0.4 is 10.6 Å². The predicted molar refractivity (Wildman–Crippen MR) is 136 cm³/mol. The SMILES string of the molecule is CNC(=O)C1SC(n2cnc3c(NCc4cccc(I)c4)nc(CI)nc32)C(O)C1O. The topological polar surface area (TPSA) is 125 Å². The van der Waals surface area contributed by atoms with E-state index in [2.05, 4.69) is 76.8 Å². The van der Waals surface area contributed by atoms with E-state index >= 15 is 0 Å². The van der Waals surface area contributed by atoms with Gasteiger partial charge in [-0.3, -0.25) is 9.36 Å². The van der Waals surface area contributed by atoms with Crippen LogP contribution in [0.15, 0.2) is 30.6 Å². The number of benzene rings is 1.